The van der Waals surface area contributed by atoms with E-state index < -0.39 is 0 Å². The second kappa shape index (κ2) is 9.78. The third kappa shape index (κ3) is 4.76. The van der Waals surface area contributed by atoms with Gasteiger partial charge in [-0.1, -0.05) is 11.8 Å². The SMILES string of the molecule is CCN(CC)c1ccc(-c2nnc(SCCCc3cnn(C)c3)n2CC)cc1. The van der Waals surface area contributed by atoms with Crippen molar-refractivity contribution in [3.63, 3.8) is 0 Å². The lowest BCUT2D eigenvalue weighted by atomic mass is 10.2. The molecule has 0 aliphatic rings. The summed E-state index contributed by atoms with van der Waals surface area (Å²) in [7, 11) is 1.96. The Morgan fingerprint density at radius 2 is 1.79 bits per heavy atom. The zero-order chi connectivity index (χ0) is 19.9. The summed E-state index contributed by atoms with van der Waals surface area (Å²) in [6.45, 7) is 9.41. The highest BCUT2D eigenvalue weighted by Crippen LogP contribution is 2.26. The Morgan fingerprint density at radius 1 is 1.04 bits per heavy atom. The van der Waals surface area contributed by atoms with Crippen molar-refractivity contribution in [1.29, 1.82) is 0 Å². The molecule has 0 amide bonds. The summed E-state index contributed by atoms with van der Waals surface area (Å²) in [4.78, 5) is 2.35. The van der Waals surface area contributed by atoms with Crippen molar-refractivity contribution in [3.05, 3.63) is 42.2 Å². The van der Waals surface area contributed by atoms with Crippen LogP contribution >= 0.6 is 11.8 Å². The molecule has 0 aliphatic carbocycles. The van der Waals surface area contributed by atoms with Gasteiger partial charge in [-0.05, 0) is 63.4 Å². The van der Waals surface area contributed by atoms with E-state index in [0.717, 1.165) is 54.8 Å². The molecule has 0 N–H and O–H groups in total. The van der Waals surface area contributed by atoms with Crippen LogP contribution in [0.15, 0.2) is 41.8 Å². The molecule has 0 unspecified atom stereocenters. The second-order valence-corrected chi connectivity index (χ2v) is 7.81. The second-order valence-electron chi connectivity index (χ2n) is 6.74. The van der Waals surface area contributed by atoms with E-state index in [9.17, 15) is 0 Å². The first-order chi connectivity index (χ1) is 13.7. The summed E-state index contributed by atoms with van der Waals surface area (Å²) >= 11 is 1.78. The maximum Gasteiger partial charge on any atom is 0.191 e. The van der Waals surface area contributed by atoms with Crippen LogP contribution in [0, 0.1) is 0 Å². The van der Waals surface area contributed by atoms with Gasteiger partial charge in [-0.3, -0.25) is 4.68 Å². The molecule has 6 nitrogen and oxygen atoms in total. The normalized spacial score (nSPS) is 11.1. The Kier molecular flexibility index (Phi) is 7.14. The van der Waals surface area contributed by atoms with Gasteiger partial charge in [0, 0.05) is 49.9 Å². The van der Waals surface area contributed by atoms with E-state index in [1.54, 1.807) is 11.8 Å². The van der Waals surface area contributed by atoms with Crippen molar-refractivity contribution < 1.29 is 0 Å². The van der Waals surface area contributed by atoms with Crippen molar-refractivity contribution in [1.82, 2.24) is 24.5 Å². The van der Waals surface area contributed by atoms with Gasteiger partial charge in [0.2, 0.25) is 0 Å². The summed E-state index contributed by atoms with van der Waals surface area (Å²) in [5, 5.41) is 14.2. The lowest BCUT2D eigenvalue weighted by molar-refractivity contribution is 0.686. The minimum atomic E-state index is 0.866. The highest BCUT2D eigenvalue weighted by atomic mass is 32.2. The Morgan fingerprint density at radius 3 is 2.39 bits per heavy atom. The minimum absolute atomic E-state index is 0.866. The number of rotatable bonds is 10. The molecule has 0 saturated carbocycles. The van der Waals surface area contributed by atoms with E-state index in [-0.39, 0.29) is 0 Å². The highest BCUT2D eigenvalue weighted by molar-refractivity contribution is 7.99. The van der Waals surface area contributed by atoms with Gasteiger partial charge in [-0.2, -0.15) is 5.10 Å². The molecular formula is C21H30N6S. The number of nitrogens with zero attached hydrogens (tertiary/aromatic N) is 6. The van der Waals surface area contributed by atoms with Gasteiger partial charge in [-0.15, -0.1) is 10.2 Å². The molecule has 0 aliphatic heterocycles. The van der Waals surface area contributed by atoms with Crippen LogP contribution in [0.1, 0.15) is 32.8 Å². The van der Waals surface area contributed by atoms with Crippen LogP contribution in [0.4, 0.5) is 5.69 Å². The van der Waals surface area contributed by atoms with Crippen molar-refractivity contribution in [3.8, 4) is 11.4 Å². The Bertz CT molecular complexity index is 863. The zero-order valence-electron chi connectivity index (χ0n) is 17.3. The van der Waals surface area contributed by atoms with E-state index in [0.29, 0.717) is 0 Å². The first kappa shape index (κ1) is 20.5. The molecule has 0 saturated heterocycles. The number of hydrogen-bond donors (Lipinski definition) is 0. The van der Waals surface area contributed by atoms with Gasteiger partial charge in [0.1, 0.15) is 0 Å². The van der Waals surface area contributed by atoms with Gasteiger partial charge in [-0.25, -0.2) is 0 Å². The van der Waals surface area contributed by atoms with E-state index in [1.807, 2.05) is 17.9 Å². The van der Waals surface area contributed by atoms with Crippen LogP contribution < -0.4 is 4.90 Å². The van der Waals surface area contributed by atoms with Crippen LogP contribution in [0.25, 0.3) is 11.4 Å². The molecule has 1 aromatic carbocycles. The van der Waals surface area contributed by atoms with Gasteiger partial charge in [0.05, 0.1) is 6.20 Å². The molecule has 150 valence electrons. The molecule has 0 bridgehead atoms. The number of hydrogen-bond acceptors (Lipinski definition) is 5. The van der Waals surface area contributed by atoms with Crippen LogP contribution in [0.5, 0.6) is 0 Å². The average molecular weight is 399 g/mol. The number of thioether (sulfide) groups is 1. The number of anilines is 1. The molecule has 3 aromatic rings. The summed E-state index contributed by atoms with van der Waals surface area (Å²) in [6, 6.07) is 8.66. The molecule has 0 fully saturated rings. The summed E-state index contributed by atoms with van der Waals surface area (Å²) < 4.78 is 4.06. The van der Waals surface area contributed by atoms with Gasteiger partial charge >= 0.3 is 0 Å². The van der Waals surface area contributed by atoms with Gasteiger partial charge in [0.15, 0.2) is 11.0 Å². The highest BCUT2D eigenvalue weighted by Gasteiger charge is 2.13. The molecule has 3 rings (SSSR count). The zero-order valence-corrected chi connectivity index (χ0v) is 18.1. The fraction of sp³-hybridized carbons (Fsp3) is 0.476. The Labute approximate surface area is 172 Å². The topological polar surface area (TPSA) is 51.8 Å². The molecule has 0 radical (unpaired) electrons. The van der Waals surface area contributed by atoms with Crippen molar-refractivity contribution in [2.45, 2.75) is 45.3 Å². The molecule has 2 aromatic heterocycles. The monoisotopic (exact) mass is 398 g/mol. The van der Waals surface area contributed by atoms with Crippen molar-refractivity contribution >= 4 is 17.4 Å². The van der Waals surface area contributed by atoms with E-state index >= 15 is 0 Å². The molecule has 0 atom stereocenters. The predicted molar refractivity (Wildman–Crippen MR) is 117 cm³/mol. The molecule has 2 heterocycles. The lowest BCUT2D eigenvalue weighted by Gasteiger charge is -2.21. The lowest BCUT2D eigenvalue weighted by Crippen LogP contribution is -2.21. The van der Waals surface area contributed by atoms with Crippen LogP contribution in [-0.2, 0) is 20.0 Å². The smallest absolute Gasteiger partial charge is 0.191 e. The van der Waals surface area contributed by atoms with Crippen LogP contribution in [0.3, 0.4) is 0 Å². The largest absolute Gasteiger partial charge is 0.372 e. The fourth-order valence-corrected chi connectivity index (χ4v) is 4.29. The Balaban J connectivity index is 1.64. The van der Waals surface area contributed by atoms with Gasteiger partial charge < -0.3 is 9.47 Å². The molecule has 7 heteroatoms. The maximum absolute atomic E-state index is 4.48. The summed E-state index contributed by atoms with van der Waals surface area (Å²) in [5.41, 5.74) is 3.66. The third-order valence-electron chi connectivity index (χ3n) is 4.89. The average Bonchev–Trinajstić information content (AvgIpc) is 3.32. The van der Waals surface area contributed by atoms with Crippen molar-refractivity contribution in [2.24, 2.45) is 7.05 Å². The number of benzene rings is 1. The van der Waals surface area contributed by atoms with E-state index in [4.69, 9.17) is 0 Å². The van der Waals surface area contributed by atoms with Crippen LogP contribution in [-0.4, -0.2) is 43.4 Å². The molecule has 0 spiro atoms. The quantitative estimate of drug-likeness (QED) is 0.377. The Hall–Kier alpha value is -2.28. The minimum Gasteiger partial charge on any atom is -0.372 e. The summed E-state index contributed by atoms with van der Waals surface area (Å²) in [6.07, 6.45) is 6.17. The first-order valence-electron chi connectivity index (χ1n) is 10.0. The van der Waals surface area contributed by atoms with Crippen LogP contribution in [0.2, 0.25) is 0 Å². The van der Waals surface area contributed by atoms with E-state index in [2.05, 4.69) is 76.0 Å². The number of aromatic nitrogens is 5. The van der Waals surface area contributed by atoms with E-state index in [1.165, 1.54) is 11.3 Å². The first-order valence-corrected chi connectivity index (χ1v) is 11.0. The maximum atomic E-state index is 4.48. The summed E-state index contributed by atoms with van der Waals surface area (Å²) in [5.74, 6) is 1.97. The predicted octanol–water partition coefficient (Wildman–Crippen LogP) is 4.27. The van der Waals surface area contributed by atoms with Gasteiger partial charge in [0.25, 0.3) is 0 Å². The number of aryl methyl sites for hydroxylation is 2. The van der Waals surface area contributed by atoms with Crippen molar-refractivity contribution in [2.75, 3.05) is 23.7 Å². The standard InChI is InChI=1S/C21H30N6S/c1-5-26(6-2)19-12-10-18(11-13-19)20-23-24-21(27(20)7-3)28-14-8-9-17-15-22-25(4)16-17/h10-13,15-16H,5-9,14H2,1-4H3. The third-order valence-corrected chi connectivity index (χ3v) is 5.94. The molecular weight excluding hydrogens is 368 g/mol. The fourth-order valence-electron chi connectivity index (χ4n) is 3.34. The molecule has 28 heavy (non-hydrogen) atoms.